The Morgan fingerprint density at radius 2 is 0.615 bits per heavy atom. The molecule has 0 saturated heterocycles. The van der Waals surface area contributed by atoms with E-state index in [-0.39, 0.29) is 0 Å². The van der Waals surface area contributed by atoms with Crippen LogP contribution in [0.15, 0.2) is 168 Å². The Bertz CT molecular complexity index is 1680. The molecule has 7 rings (SSSR count). The molecule has 1 aliphatic rings. The normalized spacial score (nSPS) is 14.7. The van der Waals surface area contributed by atoms with Crippen LogP contribution >= 0.6 is 15.9 Å². The predicted molar refractivity (Wildman–Crippen MR) is 175 cm³/mol. The smallest absolute Gasteiger partial charge is 0.0624 e. The average Bonchev–Trinajstić information content (AvgIpc) is 3.01. The van der Waals surface area contributed by atoms with Crippen molar-refractivity contribution in [3.8, 4) is 0 Å². The molecule has 6 aromatic carbocycles. The third kappa shape index (κ3) is 3.54. The first-order chi connectivity index (χ1) is 19.3. The van der Waals surface area contributed by atoms with Crippen LogP contribution in [0, 0.1) is 0 Å². The summed E-state index contributed by atoms with van der Waals surface area (Å²) < 4.78 is 1.12. The van der Waals surface area contributed by atoms with E-state index >= 15 is 0 Å². The third-order valence-corrected chi connectivity index (χ3v) is 19.1. The van der Waals surface area contributed by atoms with Gasteiger partial charge in [0.2, 0.25) is 0 Å². The highest BCUT2D eigenvalue weighted by Gasteiger charge is 2.56. The zero-order valence-corrected chi connectivity index (χ0v) is 25.1. The van der Waals surface area contributed by atoms with Crippen molar-refractivity contribution in [3.63, 3.8) is 0 Å². The van der Waals surface area contributed by atoms with Crippen molar-refractivity contribution < 1.29 is 0 Å². The summed E-state index contributed by atoms with van der Waals surface area (Å²) in [5.74, 6) is 0. The van der Waals surface area contributed by atoms with E-state index in [1.54, 1.807) is 0 Å². The summed E-state index contributed by atoms with van der Waals surface area (Å²) in [6.45, 7) is 0. The van der Waals surface area contributed by atoms with Crippen LogP contribution in [0.1, 0.15) is 0 Å². The van der Waals surface area contributed by atoms with Crippen molar-refractivity contribution in [2.45, 2.75) is 0 Å². The maximum Gasteiger partial charge on any atom is 0.179 e. The van der Waals surface area contributed by atoms with Gasteiger partial charge in [-0.15, -0.1) is 0 Å². The Labute approximate surface area is 240 Å². The molecule has 1 aliphatic heterocycles. The molecule has 0 radical (unpaired) electrons. The number of halogens is 1. The van der Waals surface area contributed by atoms with Gasteiger partial charge in [-0.25, -0.2) is 0 Å². The summed E-state index contributed by atoms with van der Waals surface area (Å²) in [6, 6.07) is 61.7. The molecule has 0 unspecified atom stereocenters. The molecule has 39 heavy (non-hydrogen) atoms. The minimum absolute atomic E-state index is 1.12. The van der Waals surface area contributed by atoms with Gasteiger partial charge >= 0.3 is 0 Å². The molecule has 0 spiro atoms. The van der Waals surface area contributed by atoms with Gasteiger partial charge < -0.3 is 0 Å². The number of hydrogen-bond acceptors (Lipinski definition) is 0. The second kappa shape index (κ2) is 9.76. The summed E-state index contributed by atoms with van der Waals surface area (Å²) in [7, 11) is -5.28. The largest absolute Gasteiger partial charge is 0.179 e. The molecule has 0 fully saturated rings. The van der Waals surface area contributed by atoms with E-state index in [9.17, 15) is 0 Å². The molecular weight excluding hydrogens is 568 g/mol. The summed E-state index contributed by atoms with van der Waals surface area (Å²) in [5, 5.41) is 11.7. The maximum atomic E-state index is 3.83. The number of fused-ring (bicyclic) bond motifs is 2. The van der Waals surface area contributed by atoms with Crippen LogP contribution in [-0.4, -0.2) is 16.1 Å². The summed E-state index contributed by atoms with van der Waals surface area (Å²) >= 11 is 3.83. The fourth-order valence-electron chi connectivity index (χ4n) is 6.93. The summed E-state index contributed by atoms with van der Waals surface area (Å²) in [5.41, 5.74) is 0. The predicted octanol–water partition coefficient (Wildman–Crippen LogP) is 3.52. The Morgan fingerprint density at radius 3 is 0.974 bits per heavy atom. The van der Waals surface area contributed by atoms with E-state index in [4.69, 9.17) is 0 Å². The van der Waals surface area contributed by atoms with Crippen molar-refractivity contribution in [3.05, 3.63) is 168 Å². The number of rotatable bonds is 4. The van der Waals surface area contributed by atoms with E-state index in [2.05, 4.69) is 180 Å². The lowest BCUT2D eigenvalue weighted by Gasteiger charge is -2.48. The maximum absolute atomic E-state index is 3.83. The fraction of sp³-hybridized carbons (Fsp3) is 0. The molecule has 0 atom stereocenters. The Morgan fingerprint density at radius 1 is 0.308 bits per heavy atom. The quantitative estimate of drug-likeness (QED) is 0.274. The summed E-state index contributed by atoms with van der Waals surface area (Å²) in [4.78, 5) is 0. The molecule has 0 N–H and O–H groups in total. The van der Waals surface area contributed by atoms with Gasteiger partial charge in [0.1, 0.15) is 0 Å². The first-order valence-corrected chi connectivity index (χ1v) is 18.2. The van der Waals surface area contributed by atoms with Gasteiger partial charge in [-0.2, -0.15) is 0 Å². The minimum atomic E-state index is -2.66. The number of benzene rings is 6. The van der Waals surface area contributed by atoms with Crippen molar-refractivity contribution in [1.29, 1.82) is 0 Å². The molecule has 6 aromatic rings. The van der Waals surface area contributed by atoms with E-state index in [1.165, 1.54) is 41.5 Å². The summed E-state index contributed by atoms with van der Waals surface area (Å²) in [6.07, 6.45) is 0. The van der Waals surface area contributed by atoms with Gasteiger partial charge in [-0.05, 0) is 53.6 Å². The number of hydrogen-bond donors (Lipinski definition) is 0. The SMILES string of the molecule is Brc1cccc([Si]2(c3ccccc3)c3ccccc3[Si](c3ccccc3)(c3ccccc3)c3ccccc32)c1. The molecule has 186 valence electrons. The first kappa shape index (κ1) is 24.3. The third-order valence-electron chi connectivity index (χ3n) is 8.35. The van der Waals surface area contributed by atoms with Gasteiger partial charge in [0, 0.05) is 4.47 Å². The van der Waals surface area contributed by atoms with Gasteiger partial charge in [-0.1, -0.05) is 168 Å². The molecule has 0 saturated carbocycles. The molecule has 0 amide bonds. The van der Waals surface area contributed by atoms with Crippen molar-refractivity contribution in [2.24, 2.45) is 0 Å². The molecule has 0 bridgehead atoms. The van der Waals surface area contributed by atoms with Gasteiger partial charge in [0.05, 0.1) is 0 Å². The minimum Gasteiger partial charge on any atom is -0.0624 e. The molecule has 0 nitrogen and oxygen atoms in total. The van der Waals surface area contributed by atoms with Gasteiger partial charge in [0.25, 0.3) is 0 Å². The van der Waals surface area contributed by atoms with Crippen molar-refractivity contribution >= 4 is 73.6 Å². The Hall–Kier alpha value is -3.77. The van der Waals surface area contributed by atoms with Crippen molar-refractivity contribution in [1.82, 2.24) is 0 Å². The molecule has 0 aromatic heterocycles. The molecule has 0 aliphatic carbocycles. The highest BCUT2D eigenvalue weighted by molar-refractivity contribution is 9.10. The lowest BCUT2D eigenvalue weighted by atomic mass is 10.3. The highest BCUT2D eigenvalue weighted by atomic mass is 79.9. The van der Waals surface area contributed by atoms with Crippen LogP contribution in [0.2, 0.25) is 0 Å². The zero-order valence-electron chi connectivity index (χ0n) is 21.5. The van der Waals surface area contributed by atoms with E-state index in [0.29, 0.717) is 0 Å². The highest BCUT2D eigenvalue weighted by Crippen LogP contribution is 2.19. The standard InChI is InChI=1S/C36H27BrSi2/c37-28-15-14-22-32(27-28)39(31-20-8-3-9-21-31)35-25-12-10-23-33(35)38(29-16-4-1-5-17-29,30-18-6-2-7-19-30)34-24-11-13-26-36(34)39/h1-27H. The lowest BCUT2D eigenvalue weighted by Crippen LogP contribution is -2.93. The molecular formula is C36H27BrSi2. The van der Waals surface area contributed by atoms with Crippen LogP contribution in [0.3, 0.4) is 0 Å². The van der Waals surface area contributed by atoms with Crippen molar-refractivity contribution in [2.75, 3.05) is 0 Å². The van der Waals surface area contributed by atoms with E-state index < -0.39 is 16.1 Å². The van der Waals surface area contributed by atoms with Crippen LogP contribution in [0.4, 0.5) is 0 Å². The monoisotopic (exact) mass is 594 g/mol. The van der Waals surface area contributed by atoms with Crippen LogP contribution < -0.4 is 41.5 Å². The van der Waals surface area contributed by atoms with Gasteiger partial charge in [-0.3, -0.25) is 0 Å². The zero-order chi connectivity index (χ0) is 26.3. The van der Waals surface area contributed by atoms with E-state index in [0.717, 1.165) is 4.47 Å². The lowest BCUT2D eigenvalue weighted by molar-refractivity contribution is 1.63. The van der Waals surface area contributed by atoms with Crippen LogP contribution in [-0.2, 0) is 0 Å². The second-order valence-electron chi connectivity index (χ2n) is 10.2. The average molecular weight is 596 g/mol. The Kier molecular flexibility index (Phi) is 6.08. The van der Waals surface area contributed by atoms with Crippen LogP contribution in [0.25, 0.3) is 0 Å². The van der Waals surface area contributed by atoms with E-state index in [1.807, 2.05) is 0 Å². The first-order valence-electron chi connectivity index (χ1n) is 13.4. The van der Waals surface area contributed by atoms with Gasteiger partial charge in [0.15, 0.2) is 16.1 Å². The topological polar surface area (TPSA) is 0 Å². The second-order valence-corrected chi connectivity index (χ2v) is 18.6. The van der Waals surface area contributed by atoms with Crippen LogP contribution in [0.5, 0.6) is 0 Å². The fourth-order valence-corrected chi connectivity index (χ4v) is 19.7. The Balaban J connectivity index is 1.73. The molecule has 1 heterocycles. The molecule has 3 heteroatoms.